The molecule has 1 aromatic rings. The second kappa shape index (κ2) is 6.13. The van der Waals surface area contributed by atoms with Crippen LogP contribution in [0.15, 0.2) is 18.2 Å². The van der Waals surface area contributed by atoms with Crippen molar-refractivity contribution in [1.82, 2.24) is 10.6 Å². The lowest BCUT2D eigenvalue weighted by molar-refractivity contribution is -0.0290. The number of carbonyl (C=O) groups is 1. The molecule has 0 spiro atoms. The van der Waals surface area contributed by atoms with Crippen LogP contribution in [0.2, 0.25) is 0 Å². The normalized spacial score (nSPS) is 16.1. The van der Waals surface area contributed by atoms with Crippen molar-refractivity contribution in [3.8, 4) is 5.75 Å². The summed E-state index contributed by atoms with van der Waals surface area (Å²) in [5.41, 5.74) is 1.37. The Kier molecular flexibility index (Phi) is 4.49. The Bertz CT molecular complexity index is 484. The van der Waals surface area contributed by atoms with Gasteiger partial charge in [-0.2, -0.15) is 0 Å². The fraction of sp³-hybridized carbons (Fsp3) is 0.533. The number of ether oxygens (including phenoxy) is 1. The monoisotopic (exact) mass is 278 g/mol. The van der Waals surface area contributed by atoms with Crippen molar-refractivity contribution in [2.45, 2.75) is 38.3 Å². The van der Waals surface area contributed by atoms with E-state index in [2.05, 4.69) is 10.6 Å². The number of aliphatic hydroxyl groups is 1. The Labute approximate surface area is 119 Å². The molecule has 2 amide bonds. The van der Waals surface area contributed by atoms with E-state index in [1.54, 1.807) is 7.11 Å². The zero-order chi connectivity index (χ0) is 14.6. The topological polar surface area (TPSA) is 70.6 Å². The van der Waals surface area contributed by atoms with Crippen LogP contribution < -0.4 is 15.4 Å². The SMILES string of the molecule is COc1ccc(CNC(=O)NCC2(O)CCC2)cc1C. The molecule has 1 aromatic carbocycles. The number of carbonyl (C=O) groups excluding carboxylic acids is 1. The number of rotatable bonds is 5. The van der Waals surface area contributed by atoms with Crippen LogP contribution >= 0.6 is 0 Å². The third kappa shape index (κ3) is 3.63. The maximum Gasteiger partial charge on any atom is 0.315 e. The summed E-state index contributed by atoms with van der Waals surface area (Å²) in [5, 5.41) is 15.4. The molecule has 0 aromatic heterocycles. The van der Waals surface area contributed by atoms with Gasteiger partial charge in [0.25, 0.3) is 0 Å². The summed E-state index contributed by atoms with van der Waals surface area (Å²) < 4.78 is 5.19. The van der Waals surface area contributed by atoms with E-state index in [0.29, 0.717) is 13.1 Å². The number of hydrogen-bond donors (Lipinski definition) is 3. The van der Waals surface area contributed by atoms with Crippen molar-refractivity contribution in [1.29, 1.82) is 0 Å². The number of nitrogens with one attached hydrogen (secondary N) is 2. The molecule has 0 atom stereocenters. The molecule has 1 aliphatic rings. The molecule has 1 fully saturated rings. The predicted molar refractivity (Wildman–Crippen MR) is 76.8 cm³/mol. The van der Waals surface area contributed by atoms with Crippen LogP contribution in [0.1, 0.15) is 30.4 Å². The molecule has 0 bridgehead atoms. The molecule has 0 aliphatic heterocycles. The maximum absolute atomic E-state index is 11.7. The van der Waals surface area contributed by atoms with Crippen LogP contribution in [0.5, 0.6) is 5.75 Å². The number of amides is 2. The predicted octanol–water partition coefficient (Wildman–Crippen LogP) is 1.72. The number of benzene rings is 1. The molecule has 5 nitrogen and oxygen atoms in total. The number of hydrogen-bond acceptors (Lipinski definition) is 3. The van der Waals surface area contributed by atoms with Gasteiger partial charge < -0.3 is 20.5 Å². The Morgan fingerprint density at radius 2 is 2.15 bits per heavy atom. The second-order valence-electron chi connectivity index (χ2n) is 5.42. The highest BCUT2D eigenvalue weighted by molar-refractivity contribution is 5.73. The molecule has 20 heavy (non-hydrogen) atoms. The highest BCUT2D eigenvalue weighted by atomic mass is 16.5. The fourth-order valence-electron chi connectivity index (χ4n) is 2.30. The van der Waals surface area contributed by atoms with Crippen LogP contribution in [0.4, 0.5) is 4.79 Å². The van der Waals surface area contributed by atoms with Gasteiger partial charge in [0.15, 0.2) is 0 Å². The van der Waals surface area contributed by atoms with Gasteiger partial charge in [-0.3, -0.25) is 0 Å². The summed E-state index contributed by atoms with van der Waals surface area (Å²) in [7, 11) is 1.64. The third-order valence-corrected chi connectivity index (χ3v) is 3.77. The van der Waals surface area contributed by atoms with E-state index in [0.717, 1.165) is 36.1 Å². The van der Waals surface area contributed by atoms with Crippen LogP contribution in [-0.2, 0) is 6.54 Å². The number of urea groups is 1. The quantitative estimate of drug-likeness (QED) is 0.768. The van der Waals surface area contributed by atoms with E-state index in [4.69, 9.17) is 4.74 Å². The van der Waals surface area contributed by atoms with Gasteiger partial charge in [-0.05, 0) is 43.4 Å². The molecule has 0 heterocycles. The van der Waals surface area contributed by atoms with Gasteiger partial charge in [-0.1, -0.05) is 12.1 Å². The Morgan fingerprint density at radius 3 is 2.70 bits per heavy atom. The van der Waals surface area contributed by atoms with Gasteiger partial charge >= 0.3 is 6.03 Å². The molecule has 1 saturated carbocycles. The Balaban J connectivity index is 1.76. The summed E-state index contributed by atoms with van der Waals surface area (Å²) in [4.78, 5) is 11.7. The van der Waals surface area contributed by atoms with Crippen LogP contribution in [-0.4, -0.2) is 30.4 Å². The van der Waals surface area contributed by atoms with E-state index in [1.807, 2.05) is 25.1 Å². The lowest BCUT2D eigenvalue weighted by atomic mass is 9.80. The van der Waals surface area contributed by atoms with Gasteiger partial charge in [-0.15, -0.1) is 0 Å². The van der Waals surface area contributed by atoms with Crippen molar-refractivity contribution in [2.75, 3.05) is 13.7 Å². The molecule has 0 unspecified atom stereocenters. The Morgan fingerprint density at radius 1 is 1.40 bits per heavy atom. The highest BCUT2D eigenvalue weighted by Crippen LogP contribution is 2.30. The number of methoxy groups -OCH3 is 1. The average Bonchev–Trinajstić information content (AvgIpc) is 2.41. The molecule has 5 heteroatoms. The molecule has 1 aliphatic carbocycles. The standard InChI is InChI=1S/C15H22N2O3/c1-11-8-12(4-5-13(11)20-2)9-16-14(18)17-10-15(19)6-3-7-15/h4-5,8,19H,3,6-7,9-10H2,1-2H3,(H2,16,17,18). The van der Waals surface area contributed by atoms with Gasteiger partial charge in [0.1, 0.15) is 5.75 Å². The van der Waals surface area contributed by atoms with Crippen molar-refractivity contribution in [2.24, 2.45) is 0 Å². The lowest BCUT2D eigenvalue weighted by Crippen LogP contribution is -2.49. The van der Waals surface area contributed by atoms with E-state index >= 15 is 0 Å². The highest BCUT2D eigenvalue weighted by Gasteiger charge is 2.34. The Hall–Kier alpha value is -1.75. The summed E-state index contributed by atoms with van der Waals surface area (Å²) in [6.45, 7) is 2.74. The summed E-state index contributed by atoms with van der Waals surface area (Å²) >= 11 is 0. The van der Waals surface area contributed by atoms with Gasteiger partial charge in [0.2, 0.25) is 0 Å². The minimum Gasteiger partial charge on any atom is -0.496 e. The first-order valence-electron chi connectivity index (χ1n) is 6.90. The lowest BCUT2D eigenvalue weighted by Gasteiger charge is -2.36. The molecule has 3 N–H and O–H groups in total. The molecule has 2 rings (SSSR count). The third-order valence-electron chi connectivity index (χ3n) is 3.77. The molecule has 0 radical (unpaired) electrons. The zero-order valence-corrected chi connectivity index (χ0v) is 12.0. The van der Waals surface area contributed by atoms with Gasteiger partial charge in [0.05, 0.1) is 12.7 Å². The van der Waals surface area contributed by atoms with Gasteiger partial charge in [-0.25, -0.2) is 4.79 Å². The second-order valence-corrected chi connectivity index (χ2v) is 5.42. The summed E-state index contributed by atoms with van der Waals surface area (Å²) in [5.74, 6) is 0.838. The van der Waals surface area contributed by atoms with E-state index in [9.17, 15) is 9.90 Å². The molecular weight excluding hydrogens is 256 g/mol. The minimum atomic E-state index is -0.686. The summed E-state index contributed by atoms with van der Waals surface area (Å²) in [6.07, 6.45) is 2.57. The van der Waals surface area contributed by atoms with E-state index in [1.165, 1.54) is 0 Å². The van der Waals surface area contributed by atoms with Crippen molar-refractivity contribution in [3.05, 3.63) is 29.3 Å². The van der Waals surface area contributed by atoms with E-state index in [-0.39, 0.29) is 6.03 Å². The molecular formula is C15H22N2O3. The smallest absolute Gasteiger partial charge is 0.315 e. The number of aryl methyl sites for hydroxylation is 1. The largest absolute Gasteiger partial charge is 0.496 e. The fourth-order valence-corrected chi connectivity index (χ4v) is 2.30. The van der Waals surface area contributed by atoms with Crippen molar-refractivity contribution >= 4 is 6.03 Å². The molecule has 110 valence electrons. The van der Waals surface area contributed by atoms with E-state index < -0.39 is 5.60 Å². The molecule has 0 saturated heterocycles. The van der Waals surface area contributed by atoms with Crippen LogP contribution in [0.3, 0.4) is 0 Å². The first-order chi connectivity index (χ1) is 9.52. The van der Waals surface area contributed by atoms with Crippen LogP contribution in [0.25, 0.3) is 0 Å². The maximum atomic E-state index is 11.7. The first-order valence-corrected chi connectivity index (χ1v) is 6.90. The van der Waals surface area contributed by atoms with Crippen molar-refractivity contribution < 1.29 is 14.6 Å². The minimum absolute atomic E-state index is 0.251. The first kappa shape index (κ1) is 14.7. The average molecular weight is 278 g/mol. The summed E-state index contributed by atoms with van der Waals surface area (Å²) in [6, 6.07) is 5.55. The van der Waals surface area contributed by atoms with Crippen molar-refractivity contribution in [3.63, 3.8) is 0 Å². The van der Waals surface area contributed by atoms with Gasteiger partial charge in [0, 0.05) is 13.1 Å². The zero-order valence-electron chi connectivity index (χ0n) is 12.0. The van der Waals surface area contributed by atoms with Crippen LogP contribution in [0, 0.1) is 6.92 Å².